The molecule has 0 unspecified atom stereocenters. The van der Waals surface area contributed by atoms with Gasteiger partial charge in [-0.25, -0.2) is 0 Å². The monoisotopic (exact) mass is 250 g/mol. The van der Waals surface area contributed by atoms with Crippen LogP contribution in [0.1, 0.15) is 42.5 Å². The van der Waals surface area contributed by atoms with Gasteiger partial charge in [0.2, 0.25) is 0 Å². The number of carbonyl (C=O) groups excluding carboxylic acids is 1. The molecule has 1 saturated carbocycles. The highest BCUT2D eigenvalue weighted by Gasteiger charge is 2.26. The molecule has 0 spiro atoms. The number of hydrogen-bond acceptors (Lipinski definition) is 3. The van der Waals surface area contributed by atoms with E-state index in [1.807, 2.05) is 11.9 Å². The molecule has 1 aromatic heterocycles. The van der Waals surface area contributed by atoms with E-state index < -0.39 is 0 Å². The summed E-state index contributed by atoms with van der Waals surface area (Å²) in [5.41, 5.74) is 6.31. The van der Waals surface area contributed by atoms with Gasteiger partial charge in [0.25, 0.3) is 5.91 Å². The Labute approximate surface area is 108 Å². The SMILES string of the molecule is Cn1cc(C(=O)N(CCN)C2CCCCC2)cn1. The maximum atomic E-state index is 12.5. The molecule has 1 heterocycles. The van der Waals surface area contributed by atoms with Crippen LogP contribution in [0.25, 0.3) is 0 Å². The molecular formula is C13H22N4O. The second-order valence-corrected chi connectivity index (χ2v) is 4.98. The van der Waals surface area contributed by atoms with Crippen molar-refractivity contribution in [1.82, 2.24) is 14.7 Å². The lowest BCUT2D eigenvalue weighted by atomic mass is 9.94. The van der Waals surface area contributed by atoms with Gasteiger partial charge in [-0.1, -0.05) is 19.3 Å². The molecule has 2 rings (SSSR count). The maximum absolute atomic E-state index is 12.5. The summed E-state index contributed by atoms with van der Waals surface area (Å²) in [6.07, 6.45) is 9.33. The molecule has 2 N–H and O–H groups in total. The molecule has 0 bridgehead atoms. The van der Waals surface area contributed by atoms with Crippen LogP contribution in [-0.2, 0) is 7.05 Å². The van der Waals surface area contributed by atoms with Crippen LogP contribution in [0, 0.1) is 0 Å². The fourth-order valence-corrected chi connectivity index (χ4v) is 2.68. The summed E-state index contributed by atoms with van der Waals surface area (Å²) in [7, 11) is 1.82. The van der Waals surface area contributed by atoms with E-state index in [0.29, 0.717) is 24.7 Å². The summed E-state index contributed by atoms with van der Waals surface area (Å²) < 4.78 is 1.66. The zero-order valence-corrected chi connectivity index (χ0v) is 11.0. The standard InChI is InChI=1S/C13H22N4O/c1-16-10-11(9-15-16)13(18)17(8-7-14)12-5-3-2-4-6-12/h9-10,12H,2-8,14H2,1H3. The van der Waals surface area contributed by atoms with Gasteiger partial charge >= 0.3 is 0 Å². The summed E-state index contributed by atoms with van der Waals surface area (Å²) in [6.45, 7) is 1.15. The van der Waals surface area contributed by atoms with Gasteiger partial charge in [-0.2, -0.15) is 5.10 Å². The first-order valence-electron chi connectivity index (χ1n) is 6.72. The highest BCUT2D eigenvalue weighted by atomic mass is 16.2. The van der Waals surface area contributed by atoms with Gasteiger partial charge in [-0.15, -0.1) is 0 Å². The molecule has 1 aliphatic rings. The van der Waals surface area contributed by atoms with Crippen LogP contribution >= 0.6 is 0 Å². The lowest BCUT2D eigenvalue weighted by Crippen LogP contribution is -2.44. The Morgan fingerprint density at radius 2 is 2.22 bits per heavy atom. The maximum Gasteiger partial charge on any atom is 0.257 e. The average Bonchev–Trinajstić information content (AvgIpc) is 2.83. The third-order valence-corrected chi connectivity index (χ3v) is 3.60. The number of nitrogens with zero attached hydrogens (tertiary/aromatic N) is 3. The molecule has 18 heavy (non-hydrogen) atoms. The minimum Gasteiger partial charge on any atom is -0.334 e. The normalized spacial score (nSPS) is 16.8. The van der Waals surface area contributed by atoms with E-state index in [9.17, 15) is 4.79 Å². The molecule has 1 fully saturated rings. The topological polar surface area (TPSA) is 64.2 Å². The first kappa shape index (κ1) is 13.1. The number of aromatic nitrogens is 2. The number of nitrogens with two attached hydrogens (primary N) is 1. The molecular weight excluding hydrogens is 228 g/mol. The minimum absolute atomic E-state index is 0.0699. The van der Waals surface area contributed by atoms with Crippen molar-refractivity contribution in [2.24, 2.45) is 12.8 Å². The van der Waals surface area contributed by atoms with Gasteiger partial charge in [0.1, 0.15) is 0 Å². The molecule has 0 aliphatic heterocycles. The lowest BCUT2D eigenvalue weighted by Gasteiger charge is -2.34. The van der Waals surface area contributed by atoms with Crippen molar-refractivity contribution in [2.75, 3.05) is 13.1 Å². The van der Waals surface area contributed by atoms with Gasteiger partial charge in [0.15, 0.2) is 0 Å². The van der Waals surface area contributed by atoms with Crippen LogP contribution in [0.15, 0.2) is 12.4 Å². The largest absolute Gasteiger partial charge is 0.334 e. The Bertz CT molecular complexity index is 395. The summed E-state index contributed by atoms with van der Waals surface area (Å²) in [6, 6.07) is 0.356. The van der Waals surface area contributed by atoms with Crippen LogP contribution < -0.4 is 5.73 Å². The zero-order valence-electron chi connectivity index (χ0n) is 11.0. The number of rotatable bonds is 4. The molecule has 0 radical (unpaired) electrons. The predicted molar refractivity (Wildman–Crippen MR) is 70.2 cm³/mol. The molecule has 0 aromatic carbocycles. The predicted octanol–water partition coefficient (Wildman–Crippen LogP) is 1.15. The van der Waals surface area contributed by atoms with E-state index in [-0.39, 0.29) is 5.91 Å². The van der Waals surface area contributed by atoms with Crippen molar-refractivity contribution in [1.29, 1.82) is 0 Å². The van der Waals surface area contributed by atoms with E-state index in [4.69, 9.17) is 5.73 Å². The fraction of sp³-hybridized carbons (Fsp3) is 0.692. The lowest BCUT2D eigenvalue weighted by molar-refractivity contribution is 0.0641. The molecule has 5 nitrogen and oxygen atoms in total. The van der Waals surface area contributed by atoms with Gasteiger partial charge in [0.05, 0.1) is 11.8 Å². The first-order chi connectivity index (χ1) is 8.72. The Morgan fingerprint density at radius 3 is 2.78 bits per heavy atom. The summed E-state index contributed by atoms with van der Waals surface area (Å²) in [5, 5.41) is 4.06. The molecule has 1 aromatic rings. The van der Waals surface area contributed by atoms with Crippen molar-refractivity contribution in [3.63, 3.8) is 0 Å². The third-order valence-electron chi connectivity index (χ3n) is 3.60. The third kappa shape index (κ3) is 2.90. The van der Waals surface area contributed by atoms with Crippen LogP contribution in [0.4, 0.5) is 0 Å². The summed E-state index contributed by atoms with van der Waals surface area (Å²) in [4.78, 5) is 14.4. The molecule has 1 aliphatic carbocycles. The van der Waals surface area contributed by atoms with Crippen molar-refractivity contribution in [3.8, 4) is 0 Å². The number of amides is 1. The highest BCUT2D eigenvalue weighted by Crippen LogP contribution is 2.23. The fourth-order valence-electron chi connectivity index (χ4n) is 2.68. The van der Waals surface area contributed by atoms with E-state index in [2.05, 4.69) is 5.10 Å². The van der Waals surface area contributed by atoms with E-state index >= 15 is 0 Å². The zero-order chi connectivity index (χ0) is 13.0. The van der Waals surface area contributed by atoms with Crippen molar-refractivity contribution < 1.29 is 4.79 Å². The average molecular weight is 250 g/mol. The Kier molecular flexibility index (Phi) is 4.36. The van der Waals surface area contributed by atoms with Gasteiger partial charge < -0.3 is 10.6 Å². The second-order valence-electron chi connectivity index (χ2n) is 4.98. The Morgan fingerprint density at radius 1 is 1.50 bits per heavy atom. The smallest absolute Gasteiger partial charge is 0.257 e. The summed E-state index contributed by atoms with van der Waals surface area (Å²) >= 11 is 0. The molecule has 1 amide bonds. The summed E-state index contributed by atoms with van der Waals surface area (Å²) in [5.74, 6) is 0.0699. The van der Waals surface area contributed by atoms with Crippen LogP contribution in [0.5, 0.6) is 0 Å². The second kappa shape index (κ2) is 6.00. The van der Waals surface area contributed by atoms with Crippen LogP contribution in [-0.4, -0.2) is 39.7 Å². The Balaban J connectivity index is 2.10. The Hall–Kier alpha value is -1.36. The molecule has 0 atom stereocenters. The molecule has 0 saturated heterocycles. The van der Waals surface area contributed by atoms with Gasteiger partial charge in [-0.05, 0) is 12.8 Å². The van der Waals surface area contributed by atoms with E-state index in [0.717, 1.165) is 12.8 Å². The first-order valence-corrected chi connectivity index (χ1v) is 6.72. The van der Waals surface area contributed by atoms with Crippen LogP contribution in [0.2, 0.25) is 0 Å². The highest BCUT2D eigenvalue weighted by molar-refractivity contribution is 5.94. The van der Waals surface area contributed by atoms with E-state index in [1.165, 1.54) is 19.3 Å². The van der Waals surface area contributed by atoms with Crippen molar-refractivity contribution in [3.05, 3.63) is 18.0 Å². The number of hydrogen-bond donors (Lipinski definition) is 1. The molecule has 100 valence electrons. The van der Waals surface area contributed by atoms with Gasteiger partial charge in [-0.3, -0.25) is 9.48 Å². The quantitative estimate of drug-likeness (QED) is 0.872. The minimum atomic E-state index is 0.0699. The van der Waals surface area contributed by atoms with E-state index in [1.54, 1.807) is 17.1 Å². The number of carbonyl (C=O) groups is 1. The molecule has 5 heteroatoms. The van der Waals surface area contributed by atoms with Crippen molar-refractivity contribution in [2.45, 2.75) is 38.1 Å². The van der Waals surface area contributed by atoms with Crippen molar-refractivity contribution >= 4 is 5.91 Å². The number of aryl methyl sites for hydroxylation is 1. The van der Waals surface area contributed by atoms with Gasteiger partial charge in [0, 0.05) is 32.4 Å². The van der Waals surface area contributed by atoms with Crippen LogP contribution in [0.3, 0.4) is 0 Å².